The molecule has 2 rings (SSSR count). The molecular formula is C13H17NO. The molecule has 2 aromatic rings. The smallest absolute Gasteiger partial charge is 0.139 e. The lowest BCUT2D eigenvalue weighted by Crippen LogP contribution is -1.97. The molecule has 0 unspecified atom stereocenters. The van der Waals surface area contributed by atoms with Crippen LogP contribution in [0.25, 0.3) is 11.0 Å². The van der Waals surface area contributed by atoms with Crippen LogP contribution in [-0.4, -0.2) is 0 Å². The van der Waals surface area contributed by atoms with Gasteiger partial charge < -0.3 is 10.2 Å². The van der Waals surface area contributed by atoms with Gasteiger partial charge in [-0.05, 0) is 30.0 Å². The van der Waals surface area contributed by atoms with Gasteiger partial charge in [-0.1, -0.05) is 26.3 Å². The maximum Gasteiger partial charge on any atom is 0.139 e. The van der Waals surface area contributed by atoms with E-state index in [4.69, 9.17) is 10.2 Å². The average Bonchev–Trinajstić information content (AvgIpc) is 2.71. The molecule has 0 aliphatic rings. The van der Waals surface area contributed by atoms with Gasteiger partial charge in [-0.3, -0.25) is 0 Å². The molecule has 2 nitrogen and oxygen atoms in total. The highest BCUT2D eigenvalue weighted by Gasteiger charge is 2.10. The summed E-state index contributed by atoms with van der Waals surface area (Å²) >= 11 is 0. The zero-order valence-corrected chi connectivity index (χ0v) is 9.34. The molecule has 0 bridgehead atoms. The summed E-state index contributed by atoms with van der Waals surface area (Å²) in [5.74, 6) is 0. The Hall–Kier alpha value is -1.44. The molecular weight excluding hydrogens is 186 g/mol. The molecule has 0 saturated heterocycles. The van der Waals surface area contributed by atoms with Crippen LogP contribution in [0, 0.1) is 0 Å². The van der Waals surface area contributed by atoms with Crippen molar-refractivity contribution >= 4 is 16.7 Å². The molecule has 1 aromatic carbocycles. The summed E-state index contributed by atoms with van der Waals surface area (Å²) in [7, 11) is 0. The van der Waals surface area contributed by atoms with Crippen molar-refractivity contribution in [1.29, 1.82) is 0 Å². The molecule has 1 heterocycles. The van der Waals surface area contributed by atoms with Crippen LogP contribution in [0.5, 0.6) is 0 Å². The van der Waals surface area contributed by atoms with E-state index in [9.17, 15) is 0 Å². The predicted molar refractivity (Wildman–Crippen MR) is 64.0 cm³/mol. The number of furan rings is 1. The van der Waals surface area contributed by atoms with E-state index in [0.29, 0.717) is 0 Å². The fourth-order valence-corrected chi connectivity index (χ4v) is 2.04. The van der Waals surface area contributed by atoms with Gasteiger partial charge in [0.05, 0.1) is 6.26 Å². The first-order valence-corrected chi connectivity index (χ1v) is 5.55. The van der Waals surface area contributed by atoms with Gasteiger partial charge >= 0.3 is 0 Å². The molecule has 0 amide bonds. The monoisotopic (exact) mass is 203 g/mol. The van der Waals surface area contributed by atoms with E-state index in [1.54, 1.807) is 6.26 Å². The Balaban J connectivity index is 2.67. The highest BCUT2D eigenvalue weighted by Crippen LogP contribution is 2.30. The van der Waals surface area contributed by atoms with E-state index in [0.717, 1.165) is 35.9 Å². The zero-order chi connectivity index (χ0) is 10.8. The van der Waals surface area contributed by atoms with E-state index >= 15 is 0 Å². The molecule has 2 N–H and O–H groups in total. The Kier molecular flexibility index (Phi) is 2.67. The van der Waals surface area contributed by atoms with Crippen molar-refractivity contribution in [2.45, 2.75) is 33.1 Å². The van der Waals surface area contributed by atoms with Crippen LogP contribution >= 0.6 is 0 Å². The van der Waals surface area contributed by atoms with Crippen LogP contribution in [0.1, 0.15) is 31.4 Å². The first-order chi connectivity index (χ1) is 7.27. The van der Waals surface area contributed by atoms with E-state index in [1.165, 1.54) is 11.1 Å². The number of hydrogen-bond donors (Lipinski definition) is 1. The van der Waals surface area contributed by atoms with Crippen LogP contribution in [0.3, 0.4) is 0 Å². The number of rotatable bonds is 3. The minimum Gasteiger partial charge on any atom is -0.464 e. The molecule has 0 aliphatic carbocycles. The summed E-state index contributed by atoms with van der Waals surface area (Å²) in [6, 6.07) is 4.15. The van der Waals surface area contributed by atoms with Crippen LogP contribution in [0.4, 0.5) is 5.69 Å². The maximum atomic E-state index is 6.11. The van der Waals surface area contributed by atoms with Crippen LogP contribution in [0.2, 0.25) is 0 Å². The van der Waals surface area contributed by atoms with Crippen LogP contribution in [-0.2, 0) is 12.8 Å². The normalized spacial score (nSPS) is 11.1. The molecule has 1 aromatic heterocycles. The van der Waals surface area contributed by atoms with Gasteiger partial charge in [0.2, 0.25) is 0 Å². The number of nitrogen functional groups attached to an aromatic ring is 1. The number of fused-ring (bicyclic) bond motifs is 1. The molecule has 80 valence electrons. The number of benzene rings is 1. The minimum atomic E-state index is 0.887. The number of hydrogen-bond acceptors (Lipinski definition) is 2. The summed E-state index contributed by atoms with van der Waals surface area (Å²) < 4.78 is 5.47. The molecule has 0 radical (unpaired) electrons. The maximum absolute atomic E-state index is 6.11. The largest absolute Gasteiger partial charge is 0.464 e. The number of aryl methyl sites for hydroxylation is 2. The van der Waals surface area contributed by atoms with Gasteiger partial charge in [0.15, 0.2) is 0 Å². The van der Waals surface area contributed by atoms with Crippen LogP contribution < -0.4 is 5.73 Å². The second kappa shape index (κ2) is 3.97. The quantitative estimate of drug-likeness (QED) is 0.775. The lowest BCUT2D eigenvalue weighted by atomic mass is 10.00. The van der Waals surface area contributed by atoms with Crippen molar-refractivity contribution in [2.75, 3.05) is 5.73 Å². The third-order valence-electron chi connectivity index (χ3n) is 2.84. The molecule has 0 aliphatic heterocycles. The Morgan fingerprint density at radius 3 is 2.73 bits per heavy atom. The summed E-state index contributed by atoms with van der Waals surface area (Å²) in [6.07, 6.45) is 4.87. The highest BCUT2D eigenvalue weighted by molar-refractivity contribution is 5.93. The van der Waals surface area contributed by atoms with Gasteiger partial charge in [-0.25, -0.2) is 0 Å². The predicted octanol–water partition coefficient (Wildman–Crippen LogP) is 3.53. The Bertz CT molecular complexity index is 471. The van der Waals surface area contributed by atoms with Crippen molar-refractivity contribution in [2.24, 2.45) is 0 Å². The lowest BCUT2D eigenvalue weighted by molar-refractivity contribution is 0.611. The van der Waals surface area contributed by atoms with Crippen molar-refractivity contribution in [1.82, 2.24) is 0 Å². The fourth-order valence-electron chi connectivity index (χ4n) is 2.04. The van der Waals surface area contributed by atoms with Crippen molar-refractivity contribution in [3.8, 4) is 0 Å². The van der Waals surface area contributed by atoms with Crippen molar-refractivity contribution in [3.63, 3.8) is 0 Å². The van der Waals surface area contributed by atoms with E-state index in [1.807, 2.05) is 6.07 Å². The third kappa shape index (κ3) is 1.60. The number of nitrogens with two attached hydrogens (primary N) is 1. The Labute approximate surface area is 90.1 Å². The molecule has 2 heteroatoms. The first kappa shape index (κ1) is 10.1. The van der Waals surface area contributed by atoms with Crippen molar-refractivity contribution in [3.05, 3.63) is 29.5 Å². The zero-order valence-electron chi connectivity index (χ0n) is 9.34. The Morgan fingerprint density at radius 1 is 1.27 bits per heavy atom. The van der Waals surface area contributed by atoms with Gasteiger partial charge in [-0.15, -0.1) is 0 Å². The van der Waals surface area contributed by atoms with Gasteiger partial charge in [0.25, 0.3) is 0 Å². The minimum absolute atomic E-state index is 0.887. The molecule has 15 heavy (non-hydrogen) atoms. The third-order valence-corrected chi connectivity index (χ3v) is 2.84. The summed E-state index contributed by atoms with van der Waals surface area (Å²) in [5.41, 5.74) is 10.5. The van der Waals surface area contributed by atoms with E-state index in [2.05, 4.69) is 19.9 Å². The second-order valence-corrected chi connectivity index (χ2v) is 3.88. The highest BCUT2D eigenvalue weighted by atomic mass is 16.3. The van der Waals surface area contributed by atoms with Gasteiger partial charge in [0.1, 0.15) is 5.58 Å². The summed E-state index contributed by atoms with van der Waals surface area (Å²) in [5, 5.41) is 1.07. The molecule has 0 atom stereocenters. The summed E-state index contributed by atoms with van der Waals surface area (Å²) in [6.45, 7) is 4.31. The fraction of sp³-hybridized carbons (Fsp3) is 0.385. The number of anilines is 1. The van der Waals surface area contributed by atoms with Gasteiger partial charge in [0, 0.05) is 11.1 Å². The topological polar surface area (TPSA) is 39.2 Å². The molecule has 0 saturated carbocycles. The average molecular weight is 203 g/mol. The second-order valence-electron chi connectivity index (χ2n) is 3.88. The van der Waals surface area contributed by atoms with E-state index < -0.39 is 0 Å². The Morgan fingerprint density at radius 2 is 2.07 bits per heavy atom. The van der Waals surface area contributed by atoms with Crippen LogP contribution in [0.15, 0.2) is 22.8 Å². The lowest BCUT2D eigenvalue weighted by Gasteiger charge is -2.08. The molecule has 0 fully saturated rings. The standard InChI is InChI=1S/C13H17NO/c1-3-5-10-8-9(4-2)13-11(12(10)14)6-7-15-13/h6-8H,3-5,14H2,1-2H3. The molecule has 0 spiro atoms. The van der Waals surface area contributed by atoms with Gasteiger partial charge in [-0.2, -0.15) is 0 Å². The SMILES string of the molecule is CCCc1cc(CC)c2occc2c1N. The van der Waals surface area contributed by atoms with E-state index in [-0.39, 0.29) is 0 Å². The first-order valence-electron chi connectivity index (χ1n) is 5.55. The summed E-state index contributed by atoms with van der Waals surface area (Å²) in [4.78, 5) is 0. The van der Waals surface area contributed by atoms with Crippen molar-refractivity contribution < 1.29 is 4.42 Å².